The molecule has 0 aromatic carbocycles. The molecule has 2 aromatic heterocycles. The molecule has 2 rings (SSSR count). The summed E-state index contributed by atoms with van der Waals surface area (Å²) in [6, 6.07) is 6.81. The van der Waals surface area contributed by atoms with Gasteiger partial charge in [-0.1, -0.05) is 27.7 Å². The van der Waals surface area contributed by atoms with Crippen LogP contribution in [0.3, 0.4) is 0 Å². The largest absolute Gasteiger partial charge is 0.387 e. The number of hydrogen-bond donors (Lipinski definition) is 1. The summed E-state index contributed by atoms with van der Waals surface area (Å²) in [7, 11) is 2.01. The maximum absolute atomic E-state index is 3.32. The first-order chi connectivity index (χ1) is 8.52. The number of thiophene rings is 2. The van der Waals surface area contributed by atoms with E-state index in [-0.39, 0.29) is 0 Å². The molecule has 1 nitrogen and oxygen atoms in total. The van der Waals surface area contributed by atoms with Gasteiger partial charge < -0.3 is 5.32 Å². The smallest absolute Gasteiger partial charge is 0.0677 e. The Hall–Kier alpha value is -0.800. The van der Waals surface area contributed by atoms with Gasteiger partial charge in [-0.3, -0.25) is 0 Å². The van der Waals surface area contributed by atoms with E-state index in [1.807, 2.05) is 29.7 Å². The summed E-state index contributed by atoms with van der Waals surface area (Å²) in [4.78, 5) is 5.69. The van der Waals surface area contributed by atoms with E-state index in [9.17, 15) is 0 Å². The molecule has 0 aliphatic heterocycles. The van der Waals surface area contributed by atoms with Crippen LogP contribution in [0.2, 0.25) is 0 Å². The molecule has 0 aliphatic carbocycles. The van der Waals surface area contributed by atoms with Crippen molar-refractivity contribution in [3.8, 4) is 9.75 Å². The van der Waals surface area contributed by atoms with Gasteiger partial charge in [0, 0.05) is 21.7 Å². The van der Waals surface area contributed by atoms with E-state index in [1.165, 1.54) is 25.2 Å². The first-order valence-corrected chi connectivity index (χ1v) is 8.07. The van der Waals surface area contributed by atoms with E-state index in [1.54, 1.807) is 0 Å². The molecule has 0 fully saturated rings. The SMILES string of the molecule is CNc1cc(C(C)C)sc1-c1ccc(C(C)C)s1. The lowest BCUT2D eigenvalue weighted by molar-refractivity contribution is 0.890. The van der Waals surface area contributed by atoms with Crippen molar-refractivity contribution < 1.29 is 0 Å². The van der Waals surface area contributed by atoms with Crippen molar-refractivity contribution in [2.24, 2.45) is 0 Å². The second-order valence-corrected chi connectivity index (χ2v) is 7.35. The molecular formula is C15H21NS2. The van der Waals surface area contributed by atoms with E-state index in [2.05, 4.69) is 51.2 Å². The van der Waals surface area contributed by atoms with Crippen LogP contribution in [0.4, 0.5) is 5.69 Å². The second kappa shape index (κ2) is 5.45. The second-order valence-electron chi connectivity index (χ2n) is 5.15. The Bertz CT molecular complexity index is 520. The molecule has 3 heteroatoms. The lowest BCUT2D eigenvalue weighted by atomic mass is 10.1. The van der Waals surface area contributed by atoms with Crippen molar-refractivity contribution >= 4 is 28.4 Å². The van der Waals surface area contributed by atoms with Gasteiger partial charge in [0.25, 0.3) is 0 Å². The fourth-order valence-electron chi connectivity index (χ4n) is 1.85. The van der Waals surface area contributed by atoms with Crippen molar-refractivity contribution in [1.29, 1.82) is 0 Å². The van der Waals surface area contributed by atoms with Crippen molar-refractivity contribution in [3.63, 3.8) is 0 Å². The predicted octanol–water partition coefficient (Wildman–Crippen LogP) is 5.77. The minimum atomic E-state index is 0.598. The van der Waals surface area contributed by atoms with Crippen LogP contribution >= 0.6 is 22.7 Å². The maximum atomic E-state index is 3.32. The Labute approximate surface area is 118 Å². The summed E-state index contributed by atoms with van der Waals surface area (Å²) in [6.07, 6.45) is 0. The van der Waals surface area contributed by atoms with Crippen molar-refractivity contribution in [3.05, 3.63) is 28.0 Å². The summed E-state index contributed by atoms with van der Waals surface area (Å²) in [6.45, 7) is 9.01. The predicted molar refractivity (Wildman–Crippen MR) is 85.4 cm³/mol. The summed E-state index contributed by atoms with van der Waals surface area (Å²) in [5.74, 6) is 1.21. The highest BCUT2D eigenvalue weighted by Gasteiger charge is 2.14. The zero-order valence-electron chi connectivity index (χ0n) is 11.7. The first-order valence-electron chi connectivity index (χ1n) is 6.44. The van der Waals surface area contributed by atoms with Crippen LogP contribution in [0.5, 0.6) is 0 Å². The Morgan fingerprint density at radius 1 is 0.944 bits per heavy atom. The highest BCUT2D eigenvalue weighted by Crippen LogP contribution is 2.43. The molecule has 2 aromatic rings. The number of nitrogens with one attached hydrogen (secondary N) is 1. The minimum Gasteiger partial charge on any atom is -0.387 e. The Morgan fingerprint density at radius 2 is 1.61 bits per heavy atom. The molecular weight excluding hydrogens is 258 g/mol. The number of rotatable bonds is 4. The molecule has 18 heavy (non-hydrogen) atoms. The van der Waals surface area contributed by atoms with Crippen LogP contribution in [0, 0.1) is 0 Å². The zero-order chi connectivity index (χ0) is 13.3. The Kier molecular flexibility index (Phi) is 4.13. The lowest BCUT2D eigenvalue weighted by Crippen LogP contribution is -1.86. The molecule has 1 N–H and O–H groups in total. The average molecular weight is 279 g/mol. The van der Waals surface area contributed by atoms with E-state index >= 15 is 0 Å². The van der Waals surface area contributed by atoms with Crippen LogP contribution in [0.15, 0.2) is 18.2 Å². The topological polar surface area (TPSA) is 12.0 Å². The molecule has 0 radical (unpaired) electrons. The summed E-state index contributed by atoms with van der Waals surface area (Å²) >= 11 is 3.84. The molecule has 0 spiro atoms. The summed E-state index contributed by atoms with van der Waals surface area (Å²) in [5, 5.41) is 3.32. The molecule has 0 amide bonds. The van der Waals surface area contributed by atoms with E-state index in [0.29, 0.717) is 11.8 Å². The fraction of sp³-hybridized carbons (Fsp3) is 0.467. The van der Waals surface area contributed by atoms with Gasteiger partial charge in [0.1, 0.15) is 0 Å². The van der Waals surface area contributed by atoms with Gasteiger partial charge in [-0.2, -0.15) is 0 Å². The van der Waals surface area contributed by atoms with Crippen molar-refractivity contribution in [1.82, 2.24) is 0 Å². The van der Waals surface area contributed by atoms with E-state index < -0.39 is 0 Å². The van der Waals surface area contributed by atoms with Crippen molar-refractivity contribution in [2.75, 3.05) is 12.4 Å². The number of anilines is 1. The Morgan fingerprint density at radius 3 is 2.11 bits per heavy atom. The van der Waals surface area contributed by atoms with E-state index in [0.717, 1.165) is 0 Å². The molecule has 0 saturated carbocycles. The average Bonchev–Trinajstić information content (AvgIpc) is 2.95. The molecule has 0 aliphatic rings. The van der Waals surface area contributed by atoms with E-state index in [4.69, 9.17) is 0 Å². The maximum Gasteiger partial charge on any atom is 0.0677 e. The molecule has 0 bridgehead atoms. The van der Waals surface area contributed by atoms with Crippen LogP contribution in [-0.4, -0.2) is 7.05 Å². The highest BCUT2D eigenvalue weighted by atomic mass is 32.1. The van der Waals surface area contributed by atoms with Crippen LogP contribution in [0.25, 0.3) is 9.75 Å². The van der Waals surface area contributed by atoms with Gasteiger partial charge in [-0.25, -0.2) is 0 Å². The first kappa shape index (κ1) is 13.6. The lowest BCUT2D eigenvalue weighted by Gasteiger charge is -2.00. The van der Waals surface area contributed by atoms with Crippen LogP contribution in [-0.2, 0) is 0 Å². The third-order valence-electron chi connectivity index (χ3n) is 3.01. The molecule has 98 valence electrons. The third kappa shape index (κ3) is 2.62. The standard InChI is InChI=1S/C15H21NS2/c1-9(2)12-6-7-13(17-12)15-11(16-5)8-14(18-15)10(3)4/h6-10,16H,1-5H3. The fourth-order valence-corrected chi connectivity index (χ4v) is 4.15. The normalized spacial score (nSPS) is 11.5. The molecule has 2 heterocycles. The van der Waals surface area contributed by atoms with Gasteiger partial charge in [-0.05, 0) is 30.0 Å². The van der Waals surface area contributed by atoms with Crippen LogP contribution in [0.1, 0.15) is 49.3 Å². The Balaban J connectivity index is 2.42. The number of hydrogen-bond acceptors (Lipinski definition) is 3. The monoisotopic (exact) mass is 279 g/mol. The van der Waals surface area contributed by atoms with Crippen LogP contribution < -0.4 is 5.32 Å². The molecule has 0 saturated heterocycles. The summed E-state index contributed by atoms with van der Waals surface area (Å²) in [5.41, 5.74) is 1.26. The van der Waals surface area contributed by atoms with Gasteiger partial charge >= 0.3 is 0 Å². The van der Waals surface area contributed by atoms with Gasteiger partial charge in [0.05, 0.1) is 10.6 Å². The minimum absolute atomic E-state index is 0.598. The van der Waals surface area contributed by atoms with Gasteiger partial charge in [0.15, 0.2) is 0 Å². The molecule has 0 unspecified atom stereocenters. The third-order valence-corrected chi connectivity index (χ3v) is 6.01. The van der Waals surface area contributed by atoms with Crippen molar-refractivity contribution in [2.45, 2.75) is 39.5 Å². The zero-order valence-corrected chi connectivity index (χ0v) is 13.3. The summed E-state index contributed by atoms with van der Waals surface area (Å²) < 4.78 is 0. The quantitative estimate of drug-likeness (QED) is 0.749. The van der Waals surface area contributed by atoms with Gasteiger partial charge in [-0.15, -0.1) is 22.7 Å². The highest BCUT2D eigenvalue weighted by molar-refractivity contribution is 7.22. The molecule has 0 atom stereocenters. The van der Waals surface area contributed by atoms with Gasteiger partial charge in [0.2, 0.25) is 0 Å².